The summed E-state index contributed by atoms with van der Waals surface area (Å²) in [5, 5.41) is 17.0. The van der Waals surface area contributed by atoms with Gasteiger partial charge in [0.25, 0.3) is 5.91 Å². The normalized spacial score (nSPS) is 14.7. The van der Waals surface area contributed by atoms with Gasteiger partial charge in [0.15, 0.2) is 0 Å². The minimum atomic E-state index is -1.15. The van der Waals surface area contributed by atoms with E-state index < -0.39 is 35.6 Å². The van der Waals surface area contributed by atoms with Gasteiger partial charge in [-0.2, -0.15) is 11.8 Å². The molecule has 2 aromatic carbocycles. The zero-order chi connectivity index (χ0) is 28.9. The summed E-state index contributed by atoms with van der Waals surface area (Å²) in [7, 11) is 0. The second kappa shape index (κ2) is 13.0. The fraction of sp³-hybridized carbons (Fsp3) is 0.483. The van der Waals surface area contributed by atoms with Gasteiger partial charge in [-0.25, -0.2) is 4.79 Å². The summed E-state index contributed by atoms with van der Waals surface area (Å²) in [6.07, 6.45) is 2.97. The van der Waals surface area contributed by atoms with Gasteiger partial charge < -0.3 is 25.4 Å². The summed E-state index contributed by atoms with van der Waals surface area (Å²) in [6, 6.07) is 8.12. The molecular formula is C29H38ClN3O5S. The number of alkyl carbamates (subject to hydrolysis) is 1. The maximum atomic E-state index is 14.2. The molecular weight excluding hydrogens is 538 g/mol. The van der Waals surface area contributed by atoms with Crippen LogP contribution in [0.15, 0.2) is 36.4 Å². The monoisotopic (exact) mass is 575 g/mol. The lowest BCUT2D eigenvalue weighted by molar-refractivity contribution is -0.141. The lowest BCUT2D eigenvalue weighted by atomic mass is 9.98. The second-order valence-electron chi connectivity index (χ2n) is 10.8. The van der Waals surface area contributed by atoms with E-state index in [0.717, 1.165) is 5.56 Å². The molecule has 0 radical (unpaired) electrons. The lowest BCUT2D eigenvalue weighted by Gasteiger charge is -2.35. The van der Waals surface area contributed by atoms with Crippen LogP contribution in [0.4, 0.5) is 10.5 Å². The molecule has 0 aromatic heterocycles. The number of nitrogens with zero attached hydrogens (tertiary/aromatic N) is 1. The maximum absolute atomic E-state index is 14.2. The van der Waals surface area contributed by atoms with Crippen molar-refractivity contribution in [2.75, 3.05) is 17.3 Å². The highest BCUT2D eigenvalue weighted by molar-refractivity contribution is 7.98. The van der Waals surface area contributed by atoms with Crippen LogP contribution in [0.25, 0.3) is 0 Å². The molecule has 8 nitrogen and oxygen atoms in total. The van der Waals surface area contributed by atoms with Crippen molar-refractivity contribution < 1.29 is 24.2 Å². The Morgan fingerprint density at radius 1 is 1.13 bits per heavy atom. The van der Waals surface area contributed by atoms with E-state index in [9.17, 15) is 19.5 Å². The van der Waals surface area contributed by atoms with Gasteiger partial charge >= 0.3 is 6.09 Å². The van der Waals surface area contributed by atoms with Gasteiger partial charge in [0.05, 0.1) is 10.7 Å². The number of ether oxygens (including phenoxy) is 1. The van der Waals surface area contributed by atoms with Gasteiger partial charge in [-0.1, -0.05) is 41.9 Å². The van der Waals surface area contributed by atoms with E-state index in [0.29, 0.717) is 46.9 Å². The molecule has 39 heavy (non-hydrogen) atoms. The molecule has 0 heterocycles. The van der Waals surface area contributed by atoms with Crippen molar-refractivity contribution in [3.8, 4) is 5.75 Å². The highest BCUT2D eigenvalue weighted by atomic mass is 35.5. The number of phenolic OH excluding ortho intramolecular Hbond substituents is 1. The standard InChI is InChI=1S/C29H38ClN3O5S/c1-17-9-8-12-21(30)23(17)32-26(35)24(20-11-7-10-18(2)25(20)34)33(19-13-14-19)27(36)22(15-16-39-6)31-28(37)38-29(3,4)5/h7-12,19,22,24,34H,13-16H2,1-6H3,(H,31,37)(H,32,35). The van der Waals surface area contributed by atoms with Crippen molar-refractivity contribution in [2.45, 2.75) is 77.6 Å². The number of thioether (sulfide) groups is 1. The predicted octanol–water partition coefficient (Wildman–Crippen LogP) is 5.98. The van der Waals surface area contributed by atoms with E-state index in [-0.39, 0.29) is 11.8 Å². The summed E-state index contributed by atoms with van der Waals surface area (Å²) in [6.45, 7) is 8.81. The van der Waals surface area contributed by atoms with Crippen LogP contribution in [0, 0.1) is 13.8 Å². The molecule has 1 aliphatic rings. The molecule has 2 aromatic rings. The fourth-order valence-corrected chi connectivity index (χ4v) is 5.04. The van der Waals surface area contributed by atoms with Gasteiger partial charge in [-0.3, -0.25) is 9.59 Å². The molecule has 3 N–H and O–H groups in total. The fourth-order valence-electron chi connectivity index (χ4n) is 4.30. The number of aromatic hydroxyl groups is 1. The molecule has 0 bridgehead atoms. The SMILES string of the molecule is CSCCC(NC(=O)OC(C)(C)C)C(=O)N(C1CC1)C(C(=O)Nc1c(C)cccc1Cl)c1cccc(C)c1O. The van der Waals surface area contributed by atoms with Crippen LogP contribution in [0.1, 0.15) is 62.8 Å². The number of halogens is 1. The molecule has 3 amide bonds. The number of nitrogens with one attached hydrogen (secondary N) is 2. The molecule has 1 saturated carbocycles. The van der Waals surface area contributed by atoms with Crippen molar-refractivity contribution in [3.63, 3.8) is 0 Å². The van der Waals surface area contributed by atoms with Crippen LogP contribution in [0.5, 0.6) is 5.75 Å². The topological polar surface area (TPSA) is 108 Å². The Morgan fingerprint density at radius 3 is 2.36 bits per heavy atom. The number of aryl methyl sites for hydroxylation is 2. The largest absolute Gasteiger partial charge is 0.507 e. The Hall–Kier alpha value is -2.91. The number of rotatable bonds is 10. The van der Waals surface area contributed by atoms with Crippen molar-refractivity contribution in [3.05, 3.63) is 58.1 Å². The minimum absolute atomic E-state index is 0.0623. The predicted molar refractivity (Wildman–Crippen MR) is 156 cm³/mol. The van der Waals surface area contributed by atoms with E-state index in [2.05, 4.69) is 10.6 Å². The molecule has 2 unspecified atom stereocenters. The van der Waals surface area contributed by atoms with Crippen molar-refractivity contribution in [1.82, 2.24) is 10.2 Å². The summed E-state index contributed by atoms with van der Waals surface area (Å²) in [4.78, 5) is 42.4. The first-order valence-electron chi connectivity index (χ1n) is 13.0. The third-order valence-corrected chi connectivity index (χ3v) is 7.31. The molecule has 10 heteroatoms. The van der Waals surface area contributed by atoms with Gasteiger partial charge in [0.2, 0.25) is 5.91 Å². The summed E-state index contributed by atoms with van der Waals surface area (Å²) >= 11 is 7.95. The average Bonchev–Trinajstić information content (AvgIpc) is 3.68. The smallest absolute Gasteiger partial charge is 0.408 e. The van der Waals surface area contributed by atoms with E-state index in [1.165, 1.54) is 4.90 Å². The van der Waals surface area contributed by atoms with Gasteiger partial charge in [-0.05, 0) is 83.1 Å². The molecule has 212 valence electrons. The van der Waals surface area contributed by atoms with Crippen LogP contribution >= 0.6 is 23.4 Å². The number of carbonyl (C=O) groups excluding carboxylic acids is 3. The Balaban J connectivity index is 2.05. The van der Waals surface area contributed by atoms with Crippen LogP contribution in [0.2, 0.25) is 5.02 Å². The number of amides is 3. The van der Waals surface area contributed by atoms with Gasteiger partial charge in [0, 0.05) is 11.6 Å². The van der Waals surface area contributed by atoms with E-state index in [4.69, 9.17) is 16.3 Å². The number of hydrogen-bond donors (Lipinski definition) is 3. The highest BCUT2D eigenvalue weighted by Gasteiger charge is 2.45. The first-order chi connectivity index (χ1) is 18.3. The third-order valence-electron chi connectivity index (χ3n) is 6.35. The Labute approximate surface area is 239 Å². The summed E-state index contributed by atoms with van der Waals surface area (Å²) < 4.78 is 5.43. The van der Waals surface area contributed by atoms with Crippen LogP contribution in [0.3, 0.4) is 0 Å². The number of carbonyl (C=O) groups is 3. The maximum Gasteiger partial charge on any atom is 0.408 e. The van der Waals surface area contributed by atoms with Crippen molar-refractivity contribution in [2.24, 2.45) is 0 Å². The summed E-state index contributed by atoms with van der Waals surface area (Å²) in [5.41, 5.74) is 1.34. The Kier molecular flexibility index (Phi) is 10.2. The third kappa shape index (κ3) is 8.05. The van der Waals surface area contributed by atoms with E-state index in [1.54, 1.807) is 69.8 Å². The average molecular weight is 576 g/mol. The van der Waals surface area contributed by atoms with Crippen molar-refractivity contribution >= 4 is 47.0 Å². The van der Waals surface area contributed by atoms with Gasteiger partial charge in [-0.15, -0.1) is 0 Å². The number of benzene rings is 2. The number of phenols is 1. The lowest BCUT2D eigenvalue weighted by Crippen LogP contribution is -2.53. The second-order valence-corrected chi connectivity index (χ2v) is 12.2. The zero-order valence-electron chi connectivity index (χ0n) is 23.3. The quantitative estimate of drug-likeness (QED) is 0.322. The molecule has 2 atom stereocenters. The Bertz CT molecular complexity index is 1190. The van der Waals surface area contributed by atoms with Crippen LogP contribution in [-0.4, -0.2) is 57.6 Å². The first-order valence-corrected chi connectivity index (χ1v) is 14.8. The first kappa shape index (κ1) is 30.6. The minimum Gasteiger partial charge on any atom is -0.507 e. The molecule has 3 rings (SSSR count). The van der Waals surface area contributed by atoms with E-state index >= 15 is 0 Å². The number of anilines is 1. The zero-order valence-corrected chi connectivity index (χ0v) is 24.9. The summed E-state index contributed by atoms with van der Waals surface area (Å²) in [5.74, 6) is -0.369. The van der Waals surface area contributed by atoms with Crippen molar-refractivity contribution in [1.29, 1.82) is 0 Å². The molecule has 0 spiro atoms. The molecule has 0 aliphatic heterocycles. The van der Waals surface area contributed by atoms with Gasteiger partial charge in [0.1, 0.15) is 23.4 Å². The highest BCUT2D eigenvalue weighted by Crippen LogP contribution is 2.40. The van der Waals surface area contributed by atoms with E-state index in [1.807, 2.05) is 19.2 Å². The molecule has 1 fully saturated rings. The number of para-hydroxylation sites is 2. The molecule has 0 saturated heterocycles. The van der Waals surface area contributed by atoms with Crippen LogP contribution < -0.4 is 10.6 Å². The Morgan fingerprint density at radius 2 is 1.77 bits per heavy atom. The molecule has 1 aliphatic carbocycles. The van der Waals surface area contributed by atoms with Crippen LogP contribution in [-0.2, 0) is 14.3 Å². The number of hydrogen-bond acceptors (Lipinski definition) is 6.